The van der Waals surface area contributed by atoms with Crippen LogP contribution in [0.5, 0.6) is 0 Å². The van der Waals surface area contributed by atoms with Crippen molar-refractivity contribution in [2.24, 2.45) is 0 Å². The Morgan fingerprint density at radius 3 is 2.05 bits per heavy atom. The summed E-state index contributed by atoms with van der Waals surface area (Å²) in [5.74, 6) is -0.687. The summed E-state index contributed by atoms with van der Waals surface area (Å²) in [6.45, 7) is 7.56. The van der Waals surface area contributed by atoms with E-state index in [9.17, 15) is 18.0 Å². The fourth-order valence-electron chi connectivity index (χ4n) is 4.25. The molecule has 220 valence electrons. The lowest BCUT2D eigenvalue weighted by molar-refractivity contribution is -0.139. The van der Waals surface area contributed by atoms with Gasteiger partial charge in [0.25, 0.3) is 10.0 Å². The molecule has 1 N–H and O–H groups in total. The van der Waals surface area contributed by atoms with Crippen LogP contribution in [0.25, 0.3) is 0 Å². The van der Waals surface area contributed by atoms with Crippen LogP contribution in [0.2, 0.25) is 10.0 Å². The first kappa shape index (κ1) is 32.4. The van der Waals surface area contributed by atoms with Gasteiger partial charge in [0.2, 0.25) is 11.8 Å². The number of carbonyl (C=O) groups excluding carboxylic acids is 2. The van der Waals surface area contributed by atoms with E-state index in [4.69, 9.17) is 23.2 Å². The number of hydrogen-bond donors (Lipinski definition) is 1. The summed E-state index contributed by atoms with van der Waals surface area (Å²) in [4.78, 5) is 28.5. The maximum Gasteiger partial charge on any atom is 0.264 e. The summed E-state index contributed by atoms with van der Waals surface area (Å²) in [6, 6.07) is 19.1. The molecule has 0 fully saturated rings. The van der Waals surface area contributed by atoms with Crippen molar-refractivity contribution in [3.63, 3.8) is 0 Å². The Labute approximate surface area is 253 Å². The molecular formula is C31H37Cl2N3O4S. The quantitative estimate of drug-likeness (QED) is 0.218. The van der Waals surface area contributed by atoms with Crippen molar-refractivity contribution in [2.75, 3.05) is 17.4 Å². The Morgan fingerprint density at radius 2 is 1.49 bits per heavy atom. The van der Waals surface area contributed by atoms with Crippen LogP contribution in [-0.4, -0.2) is 44.3 Å². The first-order valence-electron chi connectivity index (χ1n) is 13.6. The number of hydrogen-bond acceptors (Lipinski definition) is 4. The average Bonchev–Trinajstić information content (AvgIpc) is 2.96. The largest absolute Gasteiger partial charge is 0.354 e. The minimum atomic E-state index is -4.14. The standard InChI is InChI=1S/C31H37Cl2N3O4S/c1-5-6-19-34-31(38)23(4)35(20-27-28(32)13-10-14-29(27)33)30(37)21-36(25-17-15-24(16-18-25)22(2)3)41(39,40)26-11-8-7-9-12-26/h7-18,22-23H,5-6,19-21H2,1-4H3,(H,34,38)/t23-/m0/s1. The SMILES string of the molecule is CCCCNC(=O)[C@H](C)N(Cc1c(Cl)cccc1Cl)C(=O)CN(c1ccc(C(C)C)cc1)S(=O)(=O)c1ccccc1. The lowest BCUT2D eigenvalue weighted by atomic mass is 10.0. The van der Waals surface area contributed by atoms with E-state index in [1.165, 1.54) is 17.0 Å². The van der Waals surface area contributed by atoms with E-state index in [0.29, 0.717) is 27.8 Å². The number of rotatable bonds is 13. The van der Waals surface area contributed by atoms with Gasteiger partial charge in [-0.15, -0.1) is 0 Å². The molecule has 0 heterocycles. The van der Waals surface area contributed by atoms with E-state index in [1.54, 1.807) is 55.5 Å². The molecule has 1 atom stereocenters. The molecule has 0 saturated carbocycles. The van der Waals surface area contributed by atoms with Gasteiger partial charge in [0.05, 0.1) is 10.6 Å². The Bertz CT molecular complexity index is 1410. The van der Waals surface area contributed by atoms with Crippen LogP contribution in [-0.2, 0) is 26.2 Å². The van der Waals surface area contributed by atoms with Crippen molar-refractivity contribution in [3.05, 3.63) is 94.0 Å². The lowest BCUT2D eigenvalue weighted by Crippen LogP contribution is -2.51. The van der Waals surface area contributed by atoms with Gasteiger partial charge in [-0.2, -0.15) is 0 Å². The van der Waals surface area contributed by atoms with Crippen molar-refractivity contribution in [3.8, 4) is 0 Å². The zero-order chi connectivity index (χ0) is 30.2. The van der Waals surface area contributed by atoms with Crippen molar-refractivity contribution < 1.29 is 18.0 Å². The van der Waals surface area contributed by atoms with Gasteiger partial charge in [0, 0.05) is 28.7 Å². The van der Waals surface area contributed by atoms with Gasteiger partial charge in [-0.1, -0.05) is 86.8 Å². The van der Waals surface area contributed by atoms with E-state index in [1.807, 2.05) is 32.9 Å². The minimum absolute atomic E-state index is 0.0480. The molecule has 41 heavy (non-hydrogen) atoms. The molecule has 0 unspecified atom stereocenters. The first-order chi connectivity index (χ1) is 19.5. The molecule has 0 saturated heterocycles. The van der Waals surface area contributed by atoms with E-state index < -0.39 is 28.5 Å². The predicted octanol–water partition coefficient (Wildman–Crippen LogP) is 6.65. The number of unbranched alkanes of at least 4 members (excludes halogenated alkanes) is 1. The second kappa shape index (κ2) is 14.7. The topological polar surface area (TPSA) is 86.8 Å². The molecule has 3 aromatic carbocycles. The molecule has 10 heteroatoms. The third-order valence-corrected chi connectivity index (χ3v) is 9.34. The van der Waals surface area contributed by atoms with Crippen LogP contribution < -0.4 is 9.62 Å². The molecular weight excluding hydrogens is 581 g/mol. The highest BCUT2D eigenvalue weighted by atomic mass is 35.5. The first-order valence-corrected chi connectivity index (χ1v) is 15.8. The summed E-state index contributed by atoms with van der Waals surface area (Å²) in [6.07, 6.45) is 1.69. The second-order valence-electron chi connectivity index (χ2n) is 10.1. The summed E-state index contributed by atoms with van der Waals surface area (Å²) in [5, 5.41) is 3.54. The molecule has 2 amide bonds. The van der Waals surface area contributed by atoms with E-state index >= 15 is 0 Å². The highest BCUT2D eigenvalue weighted by Gasteiger charge is 2.33. The number of sulfonamides is 1. The normalized spacial score (nSPS) is 12.2. The van der Waals surface area contributed by atoms with Crippen molar-refractivity contribution in [2.45, 2.75) is 63.9 Å². The van der Waals surface area contributed by atoms with E-state index in [2.05, 4.69) is 5.32 Å². The van der Waals surface area contributed by atoms with Crippen molar-refractivity contribution in [1.29, 1.82) is 0 Å². The predicted molar refractivity (Wildman–Crippen MR) is 166 cm³/mol. The van der Waals surface area contributed by atoms with Gasteiger partial charge >= 0.3 is 0 Å². The highest BCUT2D eigenvalue weighted by Crippen LogP contribution is 2.29. The summed E-state index contributed by atoms with van der Waals surface area (Å²) in [5.41, 5.74) is 1.84. The number of nitrogens with one attached hydrogen (secondary N) is 1. The van der Waals surface area contributed by atoms with Crippen LogP contribution in [0.15, 0.2) is 77.7 Å². The van der Waals surface area contributed by atoms with Crippen LogP contribution in [0.1, 0.15) is 57.6 Å². The third kappa shape index (κ3) is 8.24. The van der Waals surface area contributed by atoms with Gasteiger partial charge in [-0.05, 0) is 61.2 Å². The maximum atomic E-state index is 14.0. The smallest absolute Gasteiger partial charge is 0.264 e. The fourth-order valence-corrected chi connectivity index (χ4v) is 6.20. The van der Waals surface area contributed by atoms with Crippen LogP contribution in [0, 0.1) is 0 Å². The molecule has 0 aromatic heterocycles. The lowest BCUT2D eigenvalue weighted by Gasteiger charge is -2.32. The number of carbonyl (C=O) groups is 2. The van der Waals surface area contributed by atoms with Gasteiger partial charge in [0.15, 0.2) is 0 Å². The van der Waals surface area contributed by atoms with Crippen molar-refractivity contribution in [1.82, 2.24) is 10.2 Å². The Morgan fingerprint density at radius 1 is 0.878 bits per heavy atom. The molecule has 7 nitrogen and oxygen atoms in total. The summed E-state index contributed by atoms with van der Waals surface area (Å²) in [7, 11) is -4.14. The summed E-state index contributed by atoms with van der Waals surface area (Å²) >= 11 is 12.9. The summed E-state index contributed by atoms with van der Waals surface area (Å²) < 4.78 is 28.9. The number of halogens is 2. The Hall–Kier alpha value is -3.07. The van der Waals surface area contributed by atoms with Crippen LogP contribution in [0.3, 0.4) is 0 Å². The average molecular weight is 619 g/mol. The van der Waals surface area contributed by atoms with Crippen molar-refractivity contribution >= 4 is 50.7 Å². The van der Waals surface area contributed by atoms with Gasteiger partial charge in [0.1, 0.15) is 12.6 Å². The Kier molecular flexibility index (Phi) is 11.6. The molecule has 0 aliphatic rings. The molecule has 0 bridgehead atoms. The van der Waals surface area contributed by atoms with Gasteiger partial charge in [-0.3, -0.25) is 13.9 Å². The molecule has 0 aliphatic heterocycles. The number of amides is 2. The van der Waals surface area contributed by atoms with Crippen LogP contribution in [0.4, 0.5) is 5.69 Å². The Balaban J connectivity index is 2.04. The zero-order valence-corrected chi connectivity index (χ0v) is 26.1. The maximum absolute atomic E-state index is 14.0. The van der Waals surface area contributed by atoms with Crippen LogP contribution >= 0.6 is 23.2 Å². The molecule has 3 aromatic rings. The van der Waals surface area contributed by atoms with Gasteiger partial charge in [-0.25, -0.2) is 8.42 Å². The fraction of sp³-hybridized carbons (Fsp3) is 0.355. The van der Waals surface area contributed by atoms with E-state index in [0.717, 1.165) is 22.7 Å². The zero-order valence-electron chi connectivity index (χ0n) is 23.8. The number of benzene rings is 3. The number of nitrogens with zero attached hydrogens (tertiary/aromatic N) is 2. The second-order valence-corrected chi connectivity index (χ2v) is 12.8. The highest BCUT2D eigenvalue weighted by molar-refractivity contribution is 7.92. The molecule has 0 aliphatic carbocycles. The number of anilines is 1. The molecule has 3 rings (SSSR count). The van der Waals surface area contributed by atoms with E-state index in [-0.39, 0.29) is 23.3 Å². The third-order valence-electron chi connectivity index (χ3n) is 6.84. The minimum Gasteiger partial charge on any atom is -0.354 e. The monoisotopic (exact) mass is 617 g/mol. The molecule has 0 radical (unpaired) electrons. The molecule has 0 spiro atoms. The van der Waals surface area contributed by atoms with Gasteiger partial charge < -0.3 is 10.2 Å².